The number of aliphatic hydroxyl groups is 1. The molecule has 2 aliphatic heterocycles. The fourth-order valence-corrected chi connectivity index (χ4v) is 7.50. The molecule has 2 aromatic heterocycles. The summed E-state index contributed by atoms with van der Waals surface area (Å²) < 4.78 is 36.6. The van der Waals surface area contributed by atoms with Crippen LogP contribution in [0.15, 0.2) is 24.5 Å². The van der Waals surface area contributed by atoms with Gasteiger partial charge in [-0.2, -0.15) is 5.10 Å². The number of rotatable bonds is 5. The quantitative estimate of drug-likeness (QED) is 0.467. The number of fused-ring (bicyclic) bond motifs is 2. The Morgan fingerprint density at radius 2 is 1.95 bits per heavy atom. The second kappa shape index (κ2) is 9.23. The SMILES string of the molecule is OC1COC[C@H]1N1CCC(c2cc3nc(Nc4cnn(C56CC(F)C(C5)C6)c4Cl)ncc3cc2Cl)C(F)C1. The van der Waals surface area contributed by atoms with Gasteiger partial charge >= 0.3 is 0 Å². The van der Waals surface area contributed by atoms with E-state index in [0.29, 0.717) is 65.5 Å². The molecule has 1 aromatic carbocycles. The number of benzene rings is 1. The van der Waals surface area contributed by atoms with Crippen LogP contribution in [0.4, 0.5) is 20.4 Å². The molecule has 5 atom stereocenters. The van der Waals surface area contributed by atoms with Gasteiger partial charge in [-0.1, -0.05) is 23.2 Å². The Morgan fingerprint density at radius 1 is 1.11 bits per heavy atom. The fourth-order valence-electron chi connectivity index (χ4n) is 6.87. The van der Waals surface area contributed by atoms with Crippen LogP contribution in [0.1, 0.15) is 37.2 Å². The van der Waals surface area contributed by atoms with Crippen LogP contribution in [-0.4, -0.2) is 80.5 Å². The normalized spacial score (nSPS) is 35.1. The second-order valence-corrected chi connectivity index (χ2v) is 12.0. The first-order chi connectivity index (χ1) is 18.3. The first-order valence-corrected chi connectivity index (χ1v) is 13.8. The van der Waals surface area contributed by atoms with Gasteiger partial charge in [0.2, 0.25) is 5.95 Å². The maximum Gasteiger partial charge on any atom is 0.227 e. The molecular weight excluding hydrogens is 537 g/mol. The van der Waals surface area contributed by atoms with Crippen LogP contribution in [0, 0.1) is 5.92 Å². The van der Waals surface area contributed by atoms with Crippen molar-refractivity contribution in [2.75, 3.05) is 31.6 Å². The third-order valence-electron chi connectivity index (χ3n) is 8.94. The highest BCUT2D eigenvalue weighted by Gasteiger charge is 2.59. The molecular formula is C26H28Cl2F2N6O2. The molecule has 5 fully saturated rings. The predicted molar refractivity (Wildman–Crippen MR) is 140 cm³/mol. The summed E-state index contributed by atoms with van der Waals surface area (Å²) in [4.78, 5) is 11.0. The van der Waals surface area contributed by atoms with E-state index in [0.717, 1.165) is 18.2 Å². The summed E-state index contributed by atoms with van der Waals surface area (Å²) in [7, 11) is 0. The molecule has 8 nitrogen and oxygen atoms in total. The van der Waals surface area contributed by atoms with Crippen LogP contribution in [-0.2, 0) is 10.3 Å². The van der Waals surface area contributed by atoms with Gasteiger partial charge in [0.1, 0.15) is 12.3 Å². The minimum absolute atomic E-state index is 0.107. The molecule has 2 bridgehead atoms. The number of alkyl halides is 2. The molecule has 202 valence electrons. The lowest BCUT2D eigenvalue weighted by atomic mass is 9.77. The summed E-state index contributed by atoms with van der Waals surface area (Å²) in [6, 6.07) is 3.44. The number of nitrogens with zero attached hydrogens (tertiary/aromatic N) is 5. The van der Waals surface area contributed by atoms with E-state index in [1.807, 2.05) is 11.0 Å². The predicted octanol–water partition coefficient (Wildman–Crippen LogP) is 4.61. The van der Waals surface area contributed by atoms with Gasteiger partial charge < -0.3 is 15.2 Å². The average molecular weight is 565 g/mol. The maximum atomic E-state index is 15.4. The third kappa shape index (κ3) is 3.99. The number of aromatic nitrogens is 4. The van der Waals surface area contributed by atoms with Gasteiger partial charge in [0.25, 0.3) is 0 Å². The zero-order valence-electron chi connectivity index (χ0n) is 20.5. The van der Waals surface area contributed by atoms with Gasteiger partial charge in [-0.25, -0.2) is 23.4 Å². The van der Waals surface area contributed by atoms with Crippen LogP contribution in [0.3, 0.4) is 0 Å². The number of hydrogen-bond donors (Lipinski definition) is 2. The highest BCUT2D eigenvalue weighted by Crippen LogP contribution is 2.59. The van der Waals surface area contributed by atoms with Crippen molar-refractivity contribution in [2.24, 2.45) is 5.92 Å². The van der Waals surface area contributed by atoms with Gasteiger partial charge in [0, 0.05) is 35.5 Å². The summed E-state index contributed by atoms with van der Waals surface area (Å²) in [5, 5.41) is 19.4. The number of anilines is 2. The van der Waals surface area contributed by atoms with Crippen molar-refractivity contribution in [3.63, 3.8) is 0 Å². The molecule has 3 aromatic rings. The summed E-state index contributed by atoms with van der Waals surface area (Å²) >= 11 is 13.2. The molecule has 4 heterocycles. The number of piperidine rings is 1. The van der Waals surface area contributed by atoms with Gasteiger partial charge in [-0.3, -0.25) is 4.90 Å². The molecule has 2 saturated heterocycles. The van der Waals surface area contributed by atoms with Crippen LogP contribution in [0.25, 0.3) is 10.9 Å². The summed E-state index contributed by atoms with van der Waals surface area (Å²) in [5.41, 5.74) is 1.56. The van der Waals surface area contributed by atoms with Crippen molar-refractivity contribution in [1.82, 2.24) is 24.6 Å². The largest absolute Gasteiger partial charge is 0.389 e. The van der Waals surface area contributed by atoms with Crippen LogP contribution >= 0.6 is 23.2 Å². The van der Waals surface area contributed by atoms with Gasteiger partial charge in [0.05, 0.1) is 48.3 Å². The van der Waals surface area contributed by atoms with E-state index in [-0.39, 0.29) is 30.0 Å². The smallest absolute Gasteiger partial charge is 0.227 e. The fraction of sp³-hybridized carbons (Fsp3) is 0.577. The zero-order chi connectivity index (χ0) is 26.2. The summed E-state index contributed by atoms with van der Waals surface area (Å²) in [5.74, 6) is 0.0572. The Hall–Kier alpha value is -2.11. The molecule has 0 radical (unpaired) electrons. The maximum absolute atomic E-state index is 15.4. The van der Waals surface area contributed by atoms with Crippen LogP contribution in [0.5, 0.6) is 0 Å². The minimum Gasteiger partial charge on any atom is -0.389 e. The van der Waals surface area contributed by atoms with Gasteiger partial charge in [-0.15, -0.1) is 0 Å². The van der Waals surface area contributed by atoms with Crippen LogP contribution < -0.4 is 5.32 Å². The number of likely N-dealkylation sites (tertiary alicyclic amines) is 1. The van der Waals surface area contributed by atoms with E-state index < -0.39 is 18.4 Å². The lowest BCUT2D eigenvalue weighted by molar-refractivity contribution is 0.0353. The Labute approximate surface area is 228 Å². The van der Waals surface area contributed by atoms with E-state index in [2.05, 4.69) is 20.4 Å². The number of nitrogens with one attached hydrogen (secondary N) is 1. The second-order valence-electron chi connectivity index (χ2n) is 11.2. The topological polar surface area (TPSA) is 88.3 Å². The molecule has 0 spiro atoms. The standard InChI is InChI=1S/C26H28Cl2F2N6O2/c27-17-3-13-8-31-25(34-21-9-32-36(24(21)28)26-5-14(6-26)18(29)7-26)33-20(13)4-16(17)15-1-2-35(10-19(15)30)22-11-38-12-23(22)37/h3-4,8-9,14-15,18-19,22-23,37H,1-2,5-7,10-12H2,(H,31,33,34)/t14?,15?,18?,19?,22-,23?,26?/m1/s1. The molecule has 3 aliphatic carbocycles. The van der Waals surface area contributed by atoms with E-state index in [1.165, 1.54) is 0 Å². The van der Waals surface area contributed by atoms with Crippen molar-refractivity contribution >= 4 is 45.7 Å². The number of ether oxygens (including phenoxy) is 1. The first-order valence-electron chi connectivity index (χ1n) is 13.1. The highest BCUT2D eigenvalue weighted by atomic mass is 35.5. The van der Waals surface area contributed by atoms with Crippen LogP contribution in [0.2, 0.25) is 10.2 Å². The molecule has 0 amide bonds. The molecule has 12 heteroatoms. The molecule has 8 rings (SSSR count). The van der Waals surface area contributed by atoms with E-state index in [4.69, 9.17) is 27.9 Å². The molecule has 38 heavy (non-hydrogen) atoms. The van der Waals surface area contributed by atoms with E-state index >= 15 is 4.39 Å². The van der Waals surface area contributed by atoms with Crippen molar-refractivity contribution in [3.05, 3.63) is 40.3 Å². The Kier molecular flexibility index (Phi) is 6.05. The van der Waals surface area contributed by atoms with Crippen molar-refractivity contribution < 1.29 is 18.6 Å². The first kappa shape index (κ1) is 24.9. The molecule has 4 unspecified atom stereocenters. The molecule has 2 N–H and O–H groups in total. The van der Waals surface area contributed by atoms with Crippen molar-refractivity contribution in [3.8, 4) is 0 Å². The minimum atomic E-state index is -1.14. The zero-order valence-corrected chi connectivity index (χ0v) is 22.0. The Balaban J connectivity index is 1.11. The van der Waals surface area contributed by atoms with Gasteiger partial charge in [-0.05, 0) is 49.4 Å². The van der Waals surface area contributed by atoms with E-state index in [1.54, 1.807) is 23.1 Å². The molecule has 5 aliphatic rings. The monoisotopic (exact) mass is 564 g/mol. The summed E-state index contributed by atoms with van der Waals surface area (Å²) in [6.45, 7) is 1.58. The lowest BCUT2D eigenvalue weighted by Crippen LogP contribution is -2.50. The number of halogens is 4. The van der Waals surface area contributed by atoms with Gasteiger partial charge in [0.15, 0.2) is 5.15 Å². The third-order valence-corrected chi connectivity index (χ3v) is 9.63. The van der Waals surface area contributed by atoms with Crippen molar-refractivity contribution in [1.29, 1.82) is 0 Å². The number of hydrogen-bond acceptors (Lipinski definition) is 7. The average Bonchev–Trinajstić information content (AvgIpc) is 3.62. The Bertz CT molecular complexity index is 1390. The molecule has 3 saturated carbocycles. The van der Waals surface area contributed by atoms with Crippen molar-refractivity contribution in [2.45, 2.75) is 61.6 Å². The highest BCUT2D eigenvalue weighted by molar-refractivity contribution is 6.32. The Morgan fingerprint density at radius 3 is 2.66 bits per heavy atom. The lowest BCUT2D eigenvalue weighted by Gasteiger charge is -2.39. The summed E-state index contributed by atoms with van der Waals surface area (Å²) in [6.07, 6.45) is 3.29. The van der Waals surface area contributed by atoms with E-state index in [9.17, 15) is 9.50 Å². The number of aliphatic hydroxyl groups excluding tert-OH is 1.